The predicted molar refractivity (Wildman–Crippen MR) is 54.4 cm³/mol. The smallest absolute Gasteiger partial charge is 0.309 e. The van der Waals surface area contributed by atoms with Gasteiger partial charge in [0.15, 0.2) is 0 Å². The summed E-state index contributed by atoms with van der Waals surface area (Å²) in [5, 5.41) is 9.13. The van der Waals surface area contributed by atoms with E-state index in [4.69, 9.17) is 9.84 Å². The summed E-state index contributed by atoms with van der Waals surface area (Å²) >= 11 is 0. The van der Waals surface area contributed by atoms with Crippen molar-refractivity contribution < 1.29 is 19.4 Å². The van der Waals surface area contributed by atoms with Crippen molar-refractivity contribution in [2.75, 3.05) is 40.0 Å². The van der Waals surface area contributed by atoms with Gasteiger partial charge in [0.25, 0.3) is 0 Å². The van der Waals surface area contributed by atoms with Crippen LogP contribution in [0.25, 0.3) is 0 Å². The zero-order chi connectivity index (χ0) is 11.3. The fourth-order valence-corrected chi connectivity index (χ4v) is 1.73. The topological polar surface area (TPSA) is 59.0 Å². The molecule has 2 unspecified atom stereocenters. The Kier molecular flexibility index (Phi) is 5.01. The van der Waals surface area contributed by atoms with Gasteiger partial charge in [0.05, 0.1) is 38.9 Å². The molecule has 1 fully saturated rings. The summed E-state index contributed by atoms with van der Waals surface area (Å²) < 4.78 is 9.92. The third kappa shape index (κ3) is 3.44. The number of esters is 1. The van der Waals surface area contributed by atoms with Gasteiger partial charge in [-0.1, -0.05) is 6.92 Å². The first-order valence-corrected chi connectivity index (χ1v) is 5.19. The molecule has 1 aliphatic heterocycles. The van der Waals surface area contributed by atoms with Crippen LogP contribution in [0.3, 0.4) is 0 Å². The number of methoxy groups -OCH3 is 1. The number of rotatable bonds is 4. The lowest BCUT2D eigenvalue weighted by molar-refractivity contribution is -0.146. The number of aliphatic hydroxyl groups is 1. The molecule has 0 aromatic carbocycles. The highest BCUT2D eigenvalue weighted by Gasteiger charge is 2.26. The largest absolute Gasteiger partial charge is 0.469 e. The second-order valence-electron chi connectivity index (χ2n) is 3.83. The van der Waals surface area contributed by atoms with Gasteiger partial charge in [-0.2, -0.15) is 0 Å². The number of morpholine rings is 1. The van der Waals surface area contributed by atoms with Crippen LogP contribution in [0.5, 0.6) is 0 Å². The van der Waals surface area contributed by atoms with Crippen LogP contribution in [0.1, 0.15) is 6.92 Å². The lowest BCUT2D eigenvalue weighted by atomic mass is 10.1. The number of ether oxygens (including phenoxy) is 2. The average molecular weight is 217 g/mol. The quantitative estimate of drug-likeness (QED) is 0.643. The fourth-order valence-electron chi connectivity index (χ4n) is 1.73. The third-order valence-electron chi connectivity index (χ3n) is 2.67. The maximum absolute atomic E-state index is 11.2. The zero-order valence-electron chi connectivity index (χ0n) is 9.31. The molecule has 0 saturated carbocycles. The van der Waals surface area contributed by atoms with Crippen molar-refractivity contribution in [3.8, 4) is 0 Å². The van der Waals surface area contributed by atoms with Crippen LogP contribution in [0.4, 0.5) is 0 Å². The molecule has 1 rings (SSSR count). The highest BCUT2D eigenvalue weighted by Crippen LogP contribution is 2.10. The van der Waals surface area contributed by atoms with E-state index in [0.29, 0.717) is 19.8 Å². The molecule has 1 aliphatic rings. The van der Waals surface area contributed by atoms with Gasteiger partial charge < -0.3 is 14.6 Å². The summed E-state index contributed by atoms with van der Waals surface area (Å²) in [5.74, 6) is -0.375. The van der Waals surface area contributed by atoms with E-state index in [-0.39, 0.29) is 24.5 Å². The van der Waals surface area contributed by atoms with Crippen LogP contribution in [-0.4, -0.2) is 62.0 Å². The van der Waals surface area contributed by atoms with Gasteiger partial charge in [0.1, 0.15) is 0 Å². The Morgan fingerprint density at radius 1 is 1.73 bits per heavy atom. The molecular weight excluding hydrogens is 198 g/mol. The zero-order valence-corrected chi connectivity index (χ0v) is 9.31. The van der Waals surface area contributed by atoms with Crippen LogP contribution in [-0.2, 0) is 14.3 Å². The standard InChI is InChI=1S/C10H19NO4/c1-8(10(13)14-2)5-11-3-4-15-7-9(11)6-12/h8-9,12H,3-7H2,1-2H3. The second kappa shape index (κ2) is 6.05. The minimum absolute atomic E-state index is 0.00542. The SMILES string of the molecule is COC(=O)C(C)CN1CCOCC1CO. The van der Waals surface area contributed by atoms with E-state index in [1.54, 1.807) is 0 Å². The van der Waals surface area contributed by atoms with Crippen molar-refractivity contribution >= 4 is 5.97 Å². The Hall–Kier alpha value is -0.650. The van der Waals surface area contributed by atoms with Crippen LogP contribution in [0.15, 0.2) is 0 Å². The van der Waals surface area contributed by atoms with Crippen molar-refractivity contribution in [3.05, 3.63) is 0 Å². The molecule has 1 N–H and O–H groups in total. The van der Waals surface area contributed by atoms with Gasteiger partial charge in [-0.05, 0) is 0 Å². The Morgan fingerprint density at radius 2 is 2.47 bits per heavy atom. The number of carbonyl (C=O) groups is 1. The maximum atomic E-state index is 11.2. The third-order valence-corrected chi connectivity index (χ3v) is 2.67. The highest BCUT2D eigenvalue weighted by atomic mass is 16.5. The predicted octanol–water partition coefficient (Wildman–Crippen LogP) is -0.511. The second-order valence-corrected chi connectivity index (χ2v) is 3.83. The molecule has 0 radical (unpaired) electrons. The molecule has 1 saturated heterocycles. The number of carbonyl (C=O) groups excluding carboxylic acids is 1. The number of hydrogen-bond acceptors (Lipinski definition) is 5. The van der Waals surface area contributed by atoms with E-state index in [2.05, 4.69) is 9.64 Å². The Balaban J connectivity index is 2.43. The lowest BCUT2D eigenvalue weighted by Gasteiger charge is -2.35. The van der Waals surface area contributed by atoms with Crippen LogP contribution >= 0.6 is 0 Å². The summed E-state index contributed by atoms with van der Waals surface area (Å²) in [7, 11) is 1.39. The molecule has 0 aliphatic carbocycles. The van der Waals surface area contributed by atoms with Gasteiger partial charge in [-0.25, -0.2) is 0 Å². The van der Waals surface area contributed by atoms with E-state index in [1.807, 2.05) is 6.92 Å². The summed E-state index contributed by atoms with van der Waals surface area (Å²) in [6.45, 7) is 4.45. The summed E-state index contributed by atoms with van der Waals surface area (Å²) in [6, 6.07) is 0.00542. The van der Waals surface area contributed by atoms with Crippen molar-refractivity contribution in [2.45, 2.75) is 13.0 Å². The Labute approximate surface area is 90.0 Å². The molecule has 1 heterocycles. The number of hydrogen-bond donors (Lipinski definition) is 1. The normalized spacial score (nSPS) is 24.9. The maximum Gasteiger partial charge on any atom is 0.309 e. The van der Waals surface area contributed by atoms with E-state index >= 15 is 0 Å². The van der Waals surface area contributed by atoms with Crippen molar-refractivity contribution in [1.82, 2.24) is 4.90 Å². The summed E-state index contributed by atoms with van der Waals surface area (Å²) in [5.41, 5.74) is 0. The monoisotopic (exact) mass is 217 g/mol. The molecule has 88 valence electrons. The van der Waals surface area contributed by atoms with E-state index in [0.717, 1.165) is 6.54 Å². The van der Waals surface area contributed by atoms with Crippen LogP contribution in [0.2, 0.25) is 0 Å². The highest BCUT2D eigenvalue weighted by molar-refractivity contribution is 5.72. The average Bonchev–Trinajstić information content (AvgIpc) is 2.28. The number of nitrogens with zero attached hydrogens (tertiary/aromatic N) is 1. The van der Waals surface area contributed by atoms with E-state index < -0.39 is 0 Å². The minimum Gasteiger partial charge on any atom is -0.469 e. The van der Waals surface area contributed by atoms with Gasteiger partial charge in [0.2, 0.25) is 0 Å². The number of aliphatic hydroxyl groups excluding tert-OH is 1. The molecule has 0 amide bonds. The first-order chi connectivity index (χ1) is 7.19. The molecule has 0 aromatic heterocycles. The molecule has 15 heavy (non-hydrogen) atoms. The first-order valence-electron chi connectivity index (χ1n) is 5.19. The first kappa shape index (κ1) is 12.4. The summed E-state index contributed by atoms with van der Waals surface area (Å²) in [6.07, 6.45) is 0. The molecule has 2 atom stereocenters. The van der Waals surface area contributed by atoms with Gasteiger partial charge in [0, 0.05) is 13.1 Å². The summed E-state index contributed by atoms with van der Waals surface area (Å²) in [4.78, 5) is 13.3. The minimum atomic E-state index is -0.210. The molecule has 5 heteroatoms. The van der Waals surface area contributed by atoms with Gasteiger partial charge in [-0.3, -0.25) is 9.69 Å². The molecule has 5 nitrogen and oxygen atoms in total. The van der Waals surface area contributed by atoms with Gasteiger partial charge in [-0.15, -0.1) is 0 Å². The van der Waals surface area contributed by atoms with Crippen molar-refractivity contribution in [1.29, 1.82) is 0 Å². The van der Waals surface area contributed by atoms with E-state index in [1.165, 1.54) is 7.11 Å². The van der Waals surface area contributed by atoms with Gasteiger partial charge >= 0.3 is 5.97 Å². The van der Waals surface area contributed by atoms with Crippen molar-refractivity contribution in [2.24, 2.45) is 5.92 Å². The molecule has 0 spiro atoms. The van der Waals surface area contributed by atoms with Crippen LogP contribution in [0, 0.1) is 5.92 Å². The molecule has 0 bridgehead atoms. The molecular formula is C10H19NO4. The molecule has 0 aromatic rings. The lowest BCUT2D eigenvalue weighted by Crippen LogP contribution is -2.49. The van der Waals surface area contributed by atoms with E-state index in [9.17, 15) is 4.79 Å². The van der Waals surface area contributed by atoms with Crippen molar-refractivity contribution in [3.63, 3.8) is 0 Å². The van der Waals surface area contributed by atoms with Crippen LogP contribution < -0.4 is 0 Å². The Morgan fingerprint density at radius 3 is 3.07 bits per heavy atom. The Bertz CT molecular complexity index is 210. The fraction of sp³-hybridized carbons (Fsp3) is 0.900.